The van der Waals surface area contributed by atoms with E-state index in [1.807, 2.05) is 4.90 Å². The van der Waals surface area contributed by atoms with Crippen LogP contribution in [0.25, 0.3) is 0 Å². The van der Waals surface area contributed by atoms with E-state index in [4.69, 9.17) is 0 Å². The molecule has 1 saturated heterocycles. The van der Waals surface area contributed by atoms with E-state index in [0.29, 0.717) is 38.4 Å². The van der Waals surface area contributed by atoms with Gasteiger partial charge in [-0.15, -0.1) is 0 Å². The maximum Gasteiger partial charge on any atom is 0.307 e. The topological polar surface area (TPSA) is 86.7 Å². The van der Waals surface area contributed by atoms with E-state index < -0.39 is 11.9 Å². The normalized spacial score (nSPS) is 26.6. The fraction of sp³-hybridized carbons (Fsp3) is 0.800. The Morgan fingerprint density at radius 2 is 1.71 bits per heavy atom. The van der Waals surface area contributed by atoms with Crippen LogP contribution < -0.4 is 5.32 Å². The number of carbonyl (C=O) groups excluding carboxylic acids is 2. The summed E-state index contributed by atoms with van der Waals surface area (Å²) in [4.78, 5) is 36.4. The molecule has 0 spiro atoms. The number of nitrogens with zero attached hydrogens (tertiary/aromatic N) is 1. The Balaban J connectivity index is 1.83. The number of amides is 2. The zero-order valence-electron chi connectivity index (χ0n) is 12.5. The molecule has 2 N–H and O–H groups in total. The van der Waals surface area contributed by atoms with Crippen molar-refractivity contribution in [2.75, 3.05) is 19.6 Å². The van der Waals surface area contributed by atoms with Crippen LogP contribution in [0.15, 0.2) is 0 Å². The lowest BCUT2D eigenvalue weighted by atomic mass is 9.91. The number of rotatable bonds is 4. The van der Waals surface area contributed by atoms with Crippen LogP contribution in [0.2, 0.25) is 0 Å². The number of aliphatic carboxylic acids is 1. The molecule has 0 aromatic heterocycles. The van der Waals surface area contributed by atoms with E-state index in [2.05, 4.69) is 5.32 Å². The van der Waals surface area contributed by atoms with Gasteiger partial charge in [0.05, 0.1) is 11.8 Å². The molecular weight excluding hydrogens is 272 g/mol. The summed E-state index contributed by atoms with van der Waals surface area (Å²) in [5, 5.41) is 12.0. The third-order valence-corrected chi connectivity index (χ3v) is 4.72. The molecule has 2 aliphatic rings. The summed E-state index contributed by atoms with van der Waals surface area (Å²) in [5.41, 5.74) is 0. The number of likely N-dealkylation sites (tertiary alicyclic amines) is 1. The summed E-state index contributed by atoms with van der Waals surface area (Å²) in [6.45, 7) is 3.52. The van der Waals surface area contributed by atoms with Gasteiger partial charge in [0.15, 0.2) is 0 Å². The quantitative estimate of drug-likeness (QED) is 0.805. The molecule has 0 radical (unpaired) electrons. The highest BCUT2D eigenvalue weighted by Gasteiger charge is 2.40. The zero-order chi connectivity index (χ0) is 15.4. The maximum atomic E-state index is 12.5. The Morgan fingerprint density at radius 1 is 1.10 bits per heavy atom. The predicted molar refractivity (Wildman–Crippen MR) is 76.5 cm³/mol. The van der Waals surface area contributed by atoms with Gasteiger partial charge in [-0.25, -0.2) is 0 Å². The minimum absolute atomic E-state index is 0.0119. The first-order valence-corrected chi connectivity index (χ1v) is 7.75. The van der Waals surface area contributed by atoms with Crippen LogP contribution >= 0.6 is 0 Å². The molecule has 1 aliphatic carbocycles. The van der Waals surface area contributed by atoms with Crippen molar-refractivity contribution in [1.29, 1.82) is 0 Å². The third-order valence-electron chi connectivity index (χ3n) is 4.72. The van der Waals surface area contributed by atoms with Crippen molar-refractivity contribution >= 4 is 17.8 Å². The Morgan fingerprint density at radius 3 is 2.29 bits per heavy atom. The van der Waals surface area contributed by atoms with Gasteiger partial charge in [-0.1, -0.05) is 6.42 Å². The smallest absolute Gasteiger partial charge is 0.307 e. The van der Waals surface area contributed by atoms with E-state index in [1.165, 1.54) is 6.92 Å². The van der Waals surface area contributed by atoms with Crippen molar-refractivity contribution in [2.24, 2.45) is 17.8 Å². The van der Waals surface area contributed by atoms with Gasteiger partial charge < -0.3 is 15.3 Å². The van der Waals surface area contributed by atoms with Gasteiger partial charge in [-0.2, -0.15) is 0 Å². The number of carboxylic acids is 1. The summed E-state index contributed by atoms with van der Waals surface area (Å²) in [7, 11) is 0. The van der Waals surface area contributed by atoms with Crippen LogP contribution in [0.5, 0.6) is 0 Å². The van der Waals surface area contributed by atoms with Crippen LogP contribution in [0.4, 0.5) is 0 Å². The van der Waals surface area contributed by atoms with Gasteiger partial charge in [0.2, 0.25) is 11.8 Å². The van der Waals surface area contributed by atoms with Crippen molar-refractivity contribution < 1.29 is 19.5 Å². The first-order chi connectivity index (χ1) is 9.99. The number of hydrogen-bond acceptors (Lipinski definition) is 3. The highest BCUT2D eigenvalue weighted by Crippen LogP contribution is 2.34. The molecule has 0 bridgehead atoms. The molecule has 0 aromatic rings. The Kier molecular flexibility index (Phi) is 5.20. The van der Waals surface area contributed by atoms with Crippen molar-refractivity contribution in [3.8, 4) is 0 Å². The van der Waals surface area contributed by atoms with E-state index >= 15 is 0 Å². The molecular formula is C15H24N2O4. The van der Waals surface area contributed by atoms with E-state index in [0.717, 1.165) is 19.3 Å². The van der Waals surface area contributed by atoms with Gasteiger partial charge in [0.1, 0.15) is 0 Å². The average molecular weight is 296 g/mol. The first-order valence-electron chi connectivity index (χ1n) is 7.75. The summed E-state index contributed by atoms with van der Waals surface area (Å²) in [5.74, 6) is -1.28. The molecule has 1 saturated carbocycles. The van der Waals surface area contributed by atoms with Gasteiger partial charge in [0.25, 0.3) is 0 Å². The van der Waals surface area contributed by atoms with E-state index in [9.17, 15) is 19.5 Å². The summed E-state index contributed by atoms with van der Waals surface area (Å²) in [6.07, 6.45) is 3.88. The molecule has 2 rings (SSSR count). The number of carbonyl (C=O) groups is 3. The zero-order valence-corrected chi connectivity index (χ0v) is 12.5. The summed E-state index contributed by atoms with van der Waals surface area (Å²) < 4.78 is 0. The van der Waals surface area contributed by atoms with Crippen molar-refractivity contribution in [3.05, 3.63) is 0 Å². The fourth-order valence-electron chi connectivity index (χ4n) is 3.43. The van der Waals surface area contributed by atoms with Crippen molar-refractivity contribution in [3.63, 3.8) is 0 Å². The number of piperidine rings is 1. The minimum atomic E-state index is -0.841. The van der Waals surface area contributed by atoms with Gasteiger partial charge in [0, 0.05) is 26.6 Å². The largest absolute Gasteiger partial charge is 0.481 e. The molecule has 2 atom stereocenters. The monoisotopic (exact) mass is 296 g/mol. The standard InChI is InChI=1S/C15H24N2O4/c1-10(18)16-9-11-5-7-17(8-6-11)14(19)12-3-2-4-13(12)15(20)21/h11-13H,2-9H2,1H3,(H,16,18)(H,20,21). The molecule has 6 heteroatoms. The molecule has 2 unspecified atom stereocenters. The molecule has 1 aliphatic heterocycles. The number of hydrogen-bond donors (Lipinski definition) is 2. The summed E-state index contributed by atoms with van der Waals surface area (Å²) in [6, 6.07) is 0. The van der Waals surface area contributed by atoms with Crippen molar-refractivity contribution in [2.45, 2.75) is 39.0 Å². The fourth-order valence-corrected chi connectivity index (χ4v) is 3.43. The lowest BCUT2D eigenvalue weighted by molar-refractivity contribution is -0.149. The summed E-state index contributed by atoms with van der Waals surface area (Å²) >= 11 is 0. The van der Waals surface area contributed by atoms with Crippen LogP contribution in [-0.2, 0) is 14.4 Å². The molecule has 2 amide bonds. The molecule has 0 aromatic carbocycles. The SMILES string of the molecule is CC(=O)NCC1CCN(C(=O)C2CCCC2C(=O)O)CC1. The first kappa shape index (κ1) is 15.8. The average Bonchev–Trinajstić information content (AvgIpc) is 2.94. The molecule has 118 valence electrons. The second-order valence-electron chi connectivity index (χ2n) is 6.19. The van der Waals surface area contributed by atoms with E-state index in [-0.39, 0.29) is 17.7 Å². The number of nitrogens with one attached hydrogen (secondary N) is 1. The third kappa shape index (κ3) is 3.95. The predicted octanol–water partition coefficient (Wildman–Crippen LogP) is 0.862. The number of carboxylic acid groups (broad SMARTS) is 1. The van der Waals surface area contributed by atoms with Gasteiger partial charge in [-0.3, -0.25) is 14.4 Å². The van der Waals surface area contributed by atoms with Crippen LogP contribution in [0.3, 0.4) is 0 Å². The lowest BCUT2D eigenvalue weighted by Gasteiger charge is -2.34. The van der Waals surface area contributed by atoms with E-state index in [1.54, 1.807) is 0 Å². The van der Waals surface area contributed by atoms with Crippen molar-refractivity contribution in [1.82, 2.24) is 10.2 Å². The van der Waals surface area contributed by atoms with Crippen LogP contribution in [-0.4, -0.2) is 47.4 Å². The van der Waals surface area contributed by atoms with Gasteiger partial charge in [-0.05, 0) is 31.6 Å². The second-order valence-corrected chi connectivity index (χ2v) is 6.19. The molecule has 21 heavy (non-hydrogen) atoms. The van der Waals surface area contributed by atoms with Crippen LogP contribution in [0.1, 0.15) is 39.0 Å². The molecule has 2 fully saturated rings. The van der Waals surface area contributed by atoms with Gasteiger partial charge >= 0.3 is 5.97 Å². The minimum Gasteiger partial charge on any atom is -0.481 e. The highest BCUT2D eigenvalue weighted by molar-refractivity contribution is 5.85. The Labute approximate surface area is 124 Å². The Bertz CT molecular complexity index is 416. The molecule has 6 nitrogen and oxygen atoms in total. The molecule has 1 heterocycles. The highest BCUT2D eigenvalue weighted by atomic mass is 16.4. The van der Waals surface area contributed by atoms with Crippen LogP contribution in [0, 0.1) is 17.8 Å². The lowest BCUT2D eigenvalue weighted by Crippen LogP contribution is -2.45. The Hall–Kier alpha value is -1.59. The second kappa shape index (κ2) is 6.91. The maximum absolute atomic E-state index is 12.5.